The Morgan fingerprint density at radius 3 is 2.88 bits per heavy atom. The van der Waals surface area contributed by atoms with Gasteiger partial charge in [0.2, 0.25) is 0 Å². The molecule has 0 aliphatic heterocycles. The van der Waals surface area contributed by atoms with Gasteiger partial charge in [-0.3, -0.25) is 5.10 Å². The minimum atomic E-state index is 0.419. The molecule has 1 fully saturated rings. The van der Waals surface area contributed by atoms with E-state index in [9.17, 15) is 0 Å². The number of H-pyrrole nitrogens is 1. The van der Waals surface area contributed by atoms with Crippen LogP contribution in [0.5, 0.6) is 0 Å². The van der Waals surface area contributed by atoms with Crippen molar-refractivity contribution < 1.29 is 4.74 Å². The molecular weight excluding hydrogens is 222 g/mol. The molecule has 16 heavy (non-hydrogen) atoms. The van der Waals surface area contributed by atoms with Crippen LogP contribution < -0.4 is 0 Å². The molecule has 0 aromatic carbocycles. The fourth-order valence-electron chi connectivity index (χ4n) is 2.10. The first kappa shape index (κ1) is 11.8. The van der Waals surface area contributed by atoms with Crippen LogP contribution in [0.25, 0.3) is 0 Å². The summed E-state index contributed by atoms with van der Waals surface area (Å²) in [7, 11) is 1.76. The Bertz CT molecular complexity index is 406. The van der Waals surface area contributed by atoms with Crippen molar-refractivity contribution in [3.63, 3.8) is 0 Å². The zero-order chi connectivity index (χ0) is 11.6. The van der Waals surface area contributed by atoms with Gasteiger partial charge in [-0.15, -0.1) is 0 Å². The molecule has 0 amide bonds. The lowest BCUT2D eigenvalue weighted by Gasteiger charge is -2.16. The summed E-state index contributed by atoms with van der Waals surface area (Å²) in [6.45, 7) is 3.94. The molecule has 0 atom stereocenters. The first-order chi connectivity index (χ1) is 7.71. The number of methoxy groups -OCH3 is 1. The Morgan fingerprint density at radius 2 is 2.31 bits per heavy atom. The van der Waals surface area contributed by atoms with Crippen molar-refractivity contribution in [3.05, 3.63) is 10.6 Å². The third kappa shape index (κ3) is 2.35. The summed E-state index contributed by atoms with van der Waals surface area (Å²) in [5.74, 6) is 1.06. The monoisotopic (exact) mass is 241 g/mol. The Labute approximate surface area is 101 Å². The molecule has 0 saturated heterocycles. The fraction of sp³-hybridized carbons (Fsp3) is 0.818. The Kier molecular flexibility index (Phi) is 3.44. The first-order valence-corrected chi connectivity index (χ1v) is 6.24. The molecule has 1 aliphatic rings. The normalized spacial score (nSPS) is 17.6. The molecule has 0 radical (unpaired) electrons. The summed E-state index contributed by atoms with van der Waals surface area (Å²) in [6.07, 6.45) is 4.62. The van der Waals surface area contributed by atoms with Crippen LogP contribution in [-0.4, -0.2) is 28.5 Å². The Morgan fingerprint density at radius 1 is 1.56 bits per heavy atom. The molecule has 4 nitrogen and oxygen atoms in total. The standard InChI is InChI=1S/C11H19N3OS/c1-3-9-12-13-10(16)14(9)8-11(4-5-11)6-7-15-2/h3-8H2,1-2H3,(H,13,16). The van der Waals surface area contributed by atoms with Gasteiger partial charge in [0, 0.05) is 26.7 Å². The molecular formula is C11H19N3OS. The van der Waals surface area contributed by atoms with Gasteiger partial charge in [-0.25, -0.2) is 0 Å². The maximum atomic E-state index is 5.26. The highest BCUT2D eigenvalue weighted by molar-refractivity contribution is 7.71. The van der Waals surface area contributed by atoms with Crippen molar-refractivity contribution in [1.29, 1.82) is 0 Å². The molecule has 1 saturated carbocycles. The van der Waals surface area contributed by atoms with Crippen molar-refractivity contribution in [1.82, 2.24) is 14.8 Å². The first-order valence-electron chi connectivity index (χ1n) is 5.84. The summed E-state index contributed by atoms with van der Waals surface area (Å²) in [6, 6.07) is 0. The maximum Gasteiger partial charge on any atom is 0.195 e. The summed E-state index contributed by atoms with van der Waals surface area (Å²) < 4.78 is 8.07. The van der Waals surface area contributed by atoms with Gasteiger partial charge in [-0.2, -0.15) is 5.10 Å². The smallest absolute Gasteiger partial charge is 0.195 e. The molecule has 0 bridgehead atoms. The zero-order valence-corrected chi connectivity index (χ0v) is 10.8. The van der Waals surface area contributed by atoms with Crippen molar-refractivity contribution in [3.8, 4) is 0 Å². The maximum absolute atomic E-state index is 5.26. The highest BCUT2D eigenvalue weighted by Crippen LogP contribution is 2.50. The number of rotatable bonds is 6. The van der Waals surface area contributed by atoms with Gasteiger partial charge in [-0.1, -0.05) is 6.92 Å². The highest BCUT2D eigenvalue weighted by Gasteiger charge is 2.42. The van der Waals surface area contributed by atoms with E-state index >= 15 is 0 Å². The van der Waals surface area contributed by atoms with Crippen LogP contribution in [0.3, 0.4) is 0 Å². The van der Waals surface area contributed by atoms with Crippen LogP contribution in [0.1, 0.15) is 32.0 Å². The number of hydrogen-bond donors (Lipinski definition) is 1. The zero-order valence-electron chi connectivity index (χ0n) is 9.95. The number of hydrogen-bond acceptors (Lipinski definition) is 3. The van der Waals surface area contributed by atoms with Crippen LogP contribution in [0.4, 0.5) is 0 Å². The van der Waals surface area contributed by atoms with Gasteiger partial charge in [0.15, 0.2) is 4.77 Å². The summed E-state index contributed by atoms with van der Waals surface area (Å²) >= 11 is 5.26. The van der Waals surface area contributed by atoms with Gasteiger partial charge in [-0.05, 0) is 36.9 Å². The second kappa shape index (κ2) is 4.67. The third-order valence-corrected chi connectivity index (χ3v) is 3.75. The van der Waals surface area contributed by atoms with Crippen LogP contribution in [-0.2, 0) is 17.7 Å². The number of aromatic amines is 1. The van der Waals surface area contributed by atoms with Crippen molar-refractivity contribution in [2.45, 2.75) is 39.2 Å². The SMILES string of the molecule is CCc1n[nH]c(=S)n1CC1(CCOC)CC1. The average Bonchev–Trinajstić information content (AvgIpc) is 2.97. The molecule has 0 unspecified atom stereocenters. The lowest BCUT2D eigenvalue weighted by Crippen LogP contribution is -2.16. The predicted octanol–water partition coefficient (Wildman–Crippen LogP) is 2.32. The second-order valence-corrected chi connectivity index (χ2v) is 5.01. The molecule has 1 aliphatic carbocycles. The molecule has 90 valence electrons. The highest BCUT2D eigenvalue weighted by atomic mass is 32.1. The lowest BCUT2D eigenvalue weighted by molar-refractivity contribution is 0.166. The number of aryl methyl sites for hydroxylation is 1. The van der Waals surface area contributed by atoms with Crippen LogP contribution in [0.2, 0.25) is 0 Å². The summed E-state index contributed by atoms with van der Waals surface area (Å²) in [4.78, 5) is 0. The van der Waals surface area contributed by atoms with Gasteiger partial charge in [0.05, 0.1) is 0 Å². The molecule has 1 aromatic rings. The van der Waals surface area contributed by atoms with E-state index in [0.717, 1.165) is 36.6 Å². The lowest BCUT2D eigenvalue weighted by atomic mass is 10.0. The Hall–Kier alpha value is -0.680. The van der Waals surface area contributed by atoms with Crippen LogP contribution in [0, 0.1) is 10.2 Å². The molecule has 1 aromatic heterocycles. The van der Waals surface area contributed by atoms with E-state index in [2.05, 4.69) is 21.7 Å². The molecule has 5 heteroatoms. The molecule has 2 rings (SSSR count). The fourth-order valence-corrected chi connectivity index (χ4v) is 2.32. The van der Waals surface area contributed by atoms with E-state index in [1.165, 1.54) is 12.8 Å². The largest absolute Gasteiger partial charge is 0.385 e. The van der Waals surface area contributed by atoms with Crippen LogP contribution >= 0.6 is 12.2 Å². The van der Waals surface area contributed by atoms with E-state index in [1.807, 2.05) is 0 Å². The predicted molar refractivity (Wildman–Crippen MR) is 64.9 cm³/mol. The van der Waals surface area contributed by atoms with Crippen molar-refractivity contribution >= 4 is 12.2 Å². The quantitative estimate of drug-likeness (QED) is 0.777. The number of nitrogens with one attached hydrogen (secondary N) is 1. The van der Waals surface area contributed by atoms with Gasteiger partial charge >= 0.3 is 0 Å². The van der Waals surface area contributed by atoms with Gasteiger partial charge in [0.1, 0.15) is 5.82 Å². The molecule has 1 heterocycles. The Balaban J connectivity index is 2.08. The van der Waals surface area contributed by atoms with Crippen LogP contribution in [0.15, 0.2) is 0 Å². The van der Waals surface area contributed by atoms with E-state index in [0.29, 0.717) is 5.41 Å². The molecule has 1 N–H and O–H groups in total. The minimum Gasteiger partial charge on any atom is -0.385 e. The second-order valence-electron chi connectivity index (χ2n) is 4.63. The van der Waals surface area contributed by atoms with Gasteiger partial charge in [0.25, 0.3) is 0 Å². The van der Waals surface area contributed by atoms with Gasteiger partial charge < -0.3 is 9.30 Å². The topological polar surface area (TPSA) is 42.8 Å². The van der Waals surface area contributed by atoms with Crippen molar-refractivity contribution in [2.75, 3.05) is 13.7 Å². The average molecular weight is 241 g/mol. The minimum absolute atomic E-state index is 0.419. The third-order valence-electron chi connectivity index (χ3n) is 3.44. The van der Waals surface area contributed by atoms with E-state index in [1.54, 1.807) is 7.11 Å². The summed E-state index contributed by atoms with van der Waals surface area (Å²) in [5.41, 5.74) is 0.419. The van der Waals surface area contributed by atoms with E-state index in [4.69, 9.17) is 17.0 Å². The number of nitrogens with zero attached hydrogens (tertiary/aromatic N) is 2. The van der Waals surface area contributed by atoms with Crippen molar-refractivity contribution in [2.24, 2.45) is 5.41 Å². The molecule has 0 spiro atoms. The number of ether oxygens (including phenoxy) is 1. The van der Waals surface area contributed by atoms with E-state index in [-0.39, 0.29) is 0 Å². The van der Waals surface area contributed by atoms with E-state index < -0.39 is 0 Å². The number of aromatic nitrogens is 3. The summed E-state index contributed by atoms with van der Waals surface area (Å²) in [5, 5.41) is 7.12.